The Morgan fingerprint density at radius 2 is 2.00 bits per heavy atom. The molecule has 3 aromatic rings. The third kappa shape index (κ3) is 3.04. The number of aromatic nitrogens is 1. The Balaban J connectivity index is 1.74. The number of nitrogens with zero attached hydrogens (tertiary/aromatic N) is 1. The molecule has 2 heterocycles. The molecular formula is C16H13ClN2O3. The van der Waals surface area contributed by atoms with E-state index in [4.69, 9.17) is 20.5 Å². The van der Waals surface area contributed by atoms with Crippen molar-refractivity contribution in [3.63, 3.8) is 0 Å². The van der Waals surface area contributed by atoms with Gasteiger partial charge in [-0.1, -0.05) is 36.3 Å². The van der Waals surface area contributed by atoms with Crippen LogP contribution in [0.4, 0.5) is 5.88 Å². The van der Waals surface area contributed by atoms with Crippen molar-refractivity contribution < 1.29 is 13.7 Å². The Bertz CT molecular complexity index is 790. The molecule has 0 bridgehead atoms. The number of hydrogen-bond acceptors (Lipinski definition) is 4. The summed E-state index contributed by atoms with van der Waals surface area (Å²) in [7, 11) is 0. The fraction of sp³-hybridized carbons (Fsp3) is 0.125. The first-order valence-electron chi connectivity index (χ1n) is 6.78. The second-order valence-corrected chi connectivity index (χ2v) is 5.06. The number of furan rings is 1. The van der Waals surface area contributed by atoms with E-state index in [0.29, 0.717) is 5.69 Å². The van der Waals surface area contributed by atoms with Crippen LogP contribution >= 0.6 is 11.6 Å². The molecule has 0 spiro atoms. The SMILES string of the molecule is CCc1ccc(-c2cc(NC(=O)c3ccc(Cl)o3)on2)cc1. The van der Waals surface area contributed by atoms with E-state index >= 15 is 0 Å². The van der Waals surface area contributed by atoms with Crippen LogP contribution in [0.2, 0.25) is 5.22 Å². The standard InChI is InChI=1S/C16H13ClN2O3/c1-2-10-3-5-11(6-4-10)12-9-15(22-19-12)18-16(20)13-7-8-14(17)21-13/h3-9H,2H2,1H3,(H,18,20). The number of rotatable bonds is 4. The van der Waals surface area contributed by atoms with Crippen LogP contribution in [0.1, 0.15) is 23.0 Å². The number of anilines is 1. The van der Waals surface area contributed by atoms with Crippen molar-refractivity contribution >= 4 is 23.4 Å². The third-order valence-corrected chi connectivity index (χ3v) is 3.40. The molecule has 0 saturated carbocycles. The highest BCUT2D eigenvalue weighted by Crippen LogP contribution is 2.23. The highest BCUT2D eigenvalue weighted by molar-refractivity contribution is 6.29. The molecule has 1 amide bonds. The van der Waals surface area contributed by atoms with Crippen molar-refractivity contribution in [2.45, 2.75) is 13.3 Å². The molecule has 1 N–H and O–H groups in total. The topological polar surface area (TPSA) is 68.3 Å². The second-order valence-electron chi connectivity index (χ2n) is 4.68. The van der Waals surface area contributed by atoms with Gasteiger partial charge in [0.2, 0.25) is 5.88 Å². The van der Waals surface area contributed by atoms with E-state index in [0.717, 1.165) is 12.0 Å². The lowest BCUT2D eigenvalue weighted by molar-refractivity contribution is 0.0993. The molecule has 0 atom stereocenters. The molecule has 22 heavy (non-hydrogen) atoms. The Morgan fingerprint density at radius 3 is 2.64 bits per heavy atom. The van der Waals surface area contributed by atoms with Crippen LogP contribution in [-0.2, 0) is 6.42 Å². The number of amides is 1. The summed E-state index contributed by atoms with van der Waals surface area (Å²) in [5.74, 6) is -0.0988. The molecule has 2 aromatic heterocycles. The minimum Gasteiger partial charge on any atom is -0.440 e. The number of aryl methyl sites for hydroxylation is 1. The van der Waals surface area contributed by atoms with Crippen LogP contribution in [0.3, 0.4) is 0 Å². The molecule has 3 rings (SSSR count). The quantitative estimate of drug-likeness (QED) is 0.774. The van der Waals surface area contributed by atoms with Crippen LogP contribution in [0, 0.1) is 0 Å². The van der Waals surface area contributed by atoms with Gasteiger partial charge in [-0.05, 0) is 35.7 Å². The summed E-state index contributed by atoms with van der Waals surface area (Å²) in [6, 6.07) is 12.6. The van der Waals surface area contributed by atoms with Crippen LogP contribution in [-0.4, -0.2) is 11.1 Å². The molecule has 0 saturated heterocycles. The minimum absolute atomic E-state index is 0.107. The summed E-state index contributed by atoms with van der Waals surface area (Å²) >= 11 is 5.63. The van der Waals surface area contributed by atoms with Crippen molar-refractivity contribution in [2.75, 3.05) is 5.32 Å². The zero-order valence-electron chi connectivity index (χ0n) is 11.8. The first kappa shape index (κ1) is 14.4. The van der Waals surface area contributed by atoms with Gasteiger partial charge in [0.15, 0.2) is 11.0 Å². The summed E-state index contributed by atoms with van der Waals surface area (Å²) < 4.78 is 10.1. The largest absolute Gasteiger partial charge is 0.440 e. The van der Waals surface area contributed by atoms with E-state index in [1.807, 2.05) is 24.3 Å². The molecular weight excluding hydrogens is 304 g/mol. The highest BCUT2D eigenvalue weighted by Gasteiger charge is 2.14. The van der Waals surface area contributed by atoms with Crippen molar-refractivity contribution in [2.24, 2.45) is 0 Å². The molecule has 0 aliphatic carbocycles. The van der Waals surface area contributed by atoms with Gasteiger partial charge in [-0.25, -0.2) is 0 Å². The van der Waals surface area contributed by atoms with Crippen molar-refractivity contribution in [3.05, 3.63) is 59.0 Å². The van der Waals surface area contributed by atoms with E-state index in [9.17, 15) is 4.79 Å². The number of carbonyl (C=O) groups excluding carboxylic acids is 1. The van der Waals surface area contributed by atoms with Gasteiger partial charge in [0.25, 0.3) is 5.91 Å². The molecule has 6 heteroatoms. The maximum absolute atomic E-state index is 11.9. The maximum atomic E-state index is 11.9. The second kappa shape index (κ2) is 6.07. The van der Waals surface area contributed by atoms with E-state index < -0.39 is 5.91 Å². The number of carbonyl (C=O) groups is 1. The first-order valence-corrected chi connectivity index (χ1v) is 7.16. The van der Waals surface area contributed by atoms with Gasteiger partial charge in [0.05, 0.1) is 0 Å². The van der Waals surface area contributed by atoms with Crippen molar-refractivity contribution in [3.8, 4) is 11.3 Å². The van der Waals surface area contributed by atoms with Crippen molar-refractivity contribution in [1.82, 2.24) is 5.16 Å². The molecule has 1 aromatic carbocycles. The van der Waals surface area contributed by atoms with Gasteiger partial charge in [-0.15, -0.1) is 0 Å². The van der Waals surface area contributed by atoms with Crippen LogP contribution in [0.5, 0.6) is 0 Å². The first-order chi connectivity index (χ1) is 10.7. The molecule has 5 nitrogen and oxygen atoms in total. The molecule has 0 unspecified atom stereocenters. The predicted octanol–water partition coefficient (Wildman–Crippen LogP) is 4.40. The molecule has 0 radical (unpaired) electrons. The Kier molecular flexibility index (Phi) is 3.98. The summed E-state index contributed by atoms with van der Waals surface area (Å²) in [6.07, 6.45) is 0.978. The zero-order chi connectivity index (χ0) is 15.5. The number of nitrogens with one attached hydrogen (secondary N) is 1. The number of halogens is 1. The molecule has 112 valence electrons. The van der Waals surface area contributed by atoms with E-state index in [1.54, 1.807) is 6.07 Å². The fourth-order valence-corrected chi connectivity index (χ4v) is 2.14. The van der Waals surface area contributed by atoms with Crippen LogP contribution < -0.4 is 5.32 Å². The van der Waals surface area contributed by atoms with E-state index in [2.05, 4.69) is 17.4 Å². The van der Waals surface area contributed by atoms with Gasteiger partial charge < -0.3 is 8.94 Å². The lowest BCUT2D eigenvalue weighted by atomic mass is 10.1. The minimum atomic E-state index is -0.448. The van der Waals surface area contributed by atoms with Gasteiger partial charge in [-0.2, -0.15) is 0 Å². The Labute approximate surface area is 131 Å². The fourth-order valence-electron chi connectivity index (χ4n) is 1.99. The summed E-state index contributed by atoms with van der Waals surface area (Å²) in [5.41, 5.74) is 2.81. The summed E-state index contributed by atoms with van der Waals surface area (Å²) in [6.45, 7) is 2.10. The summed E-state index contributed by atoms with van der Waals surface area (Å²) in [5, 5.41) is 6.66. The third-order valence-electron chi connectivity index (χ3n) is 3.20. The average Bonchev–Trinajstić information content (AvgIpc) is 3.16. The number of hydrogen-bond donors (Lipinski definition) is 1. The smallest absolute Gasteiger partial charge is 0.293 e. The van der Waals surface area contributed by atoms with Crippen molar-refractivity contribution in [1.29, 1.82) is 0 Å². The normalized spacial score (nSPS) is 10.6. The highest BCUT2D eigenvalue weighted by atomic mass is 35.5. The molecule has 0 aliphatic heterocycles. The zero-order valence-corrected chi connectivity index (χ0v) is 12.6. The Morgan fingerprint density at radius 1 is 1.23 bits per heavy atom. The lowest BCUT2D eigenvalue weighted by Gasteiger charge is -1.98. The van der Waals surface area contributed by atoms with Gasteiger partial charge in [0.1, 0.15) is 5.69 Å². The van der Waals surface area contributed by atoms with Gasteiger partial charge >= 0.3 is 0 Å². The molecule has 0 aliphatic rings. The van der Waals surface area contributed by atoms with Gasteiger partial charge in [-0.3, -0.25) is 10.1 Å². The monoisotopic (exact) mass is 316 g/mol. The van der Waals surface area contributed by atoms with E-state index in [-0.39, 0.29) is 16.9 Å². The van der Waals surface area contributed by atoms with Gasteiger partial charge in [0, 0.05) is 11.6 Å². The number of benzene rings is 1. The predicted molar refractivity (Wildman–Crippen MR) is 83.0 cm³/mol. The maximum Gasteiger partial charge on any atom is 0.293 e. The lowest BCUT2D eigenvalue weighted by Crippen LogP contribution is -2.09. The van der Waals surface area contributed by atoms with Crippen LogP contribution in [0.15, 0.2) is 51.4 Å². The van der Waals surface area contributed by atoms with Crippen LogP contribution in [0.25, 0.3) is 11.3 Å². The average molecular weight is 317 g/mol. The Hall–Kier alpha value is -2.53. The summed E-state index contributed by atoms with van der Waals surface area (Å²) in [4.78, 5) is 11.9. The van der Waals surface area contributed by atoms with E-state index in [1.165, 1.54) is 17.7 Å². The molecule has 0 fully saturated rings.